The van der Waals surface area contributed by atoms with Crippen molar-refractivity contribution in [3.63, 3.8) is 0 Å². The van der Waals surface area contributed by atoms with Crippen LogP contribution in [0.25, 0.3) is 0 Å². The largest absolute Gasteiger partial charge is 0.505 e. The molecule has 0 spiro atoms. The van der Waals surface area contributed by atoms with Crippen molar-refractivity contribution in [2.24, 2.45) is 5.73 Å². The number of phenolic OH excluding ortho intramolecular Hbond substituents is 1. The predicted molar refractivity (Wildman–Crippen MR) is 59.0 cm³/mol. The summed E-state index contributed by atoms with van der Waals surface area (Å²) in [6.45, 7) is 1.09. The van der Waals surface area contributed by atoms with E-state index in [1.54, 1.807) is 6.07 Å². The number of nitrogens with two attached hydrogens (primary N) is 1. The average molecular weight is 239 g/mol. The van der Waals surface area contributed by atoms with Crippen molar-refractivity contribution in [3.8, 4) is 17.2 Å². The van der Waals surface area contributed by atoms with Crippen LogP contribution >= 0.6 is 0 Å². The molecule has 1 saturated carbocycles. The molecule has 2 aliphatic rings. The highest BCUT2D eigenvalue weighted by atomic mass is 19.1. The van der Waals surface area contributed by atoms with Crippen LogP contribution in [-0.2, 0) is 5.41 Å². The number of benzene rings is 1. The molecular formula is C12H14FNO3. The first kappa shape index (κ1) is 10.7. The first-order valence-corrected chi connectivity index (χ1v) is 5.69. The summed E-state index contributed by atoms with van der Waals surface area (Å²) in [5, 5.41) is 9.89. The topological polar surface area (TPSA) is 64.7 Å². The highest BCUT2D eigenvalue weighted by molar-refractivity contribution is 5.56. The molecule has 3 rings (SSSR count). The molecule has 92 valence electrons. The number of ether oxygens (including phenoxy) is 2. The second kappa shape index (κ2) is 3.50. The average Bonchev–Trinajstić information content (AvgIpc) is 3.15. The zero-order valence-electron chi connectivity index (χ0n) is 9.33. The van der Waals surface area contributed by atoms with Gasteiger partial charge in [-0.2, -0.15) is 4.39 Å². The second-order valence-corrected chi connectivity index (χ2v) is 4.60. The molecule has 0 bridgehead atoms. The summed E-state index contributed by atoms with van der Waals surface area (Å²) in [7, 11) is 0. The molecular weight excluding hydrogens is 225 g/mol. The number of hydrogen-bond acceptors (Lipinski definition) is 4. The number of halogens is 1. The van der Waals surface area contributed by atoms with Crippen LogP contribution in [0.15, 0.2) is 6.07 Å². The summed E-state index contributed by atoms with van der Waals surface area (Å²) < 4.78 is 24.5. The summed E-state index contributed by atoms with van der Waals surface area (Å²) >= 11 is 0. The van der Waals surface area contributed by atoms with Crippen LogP contribution in [0.3, 0.4) is 0 Å². The van der Waals surface area contributed by atoms with E-state index < -0.39 is 5.82 Å². The normalized spacial score (nSPS) is 20.1. The second-order valence-electron chi connectivity index (χ2n) is 4.60. The smallest absolute Gasteiger partial charge is 0.210 e. The Morgan fingerprint density at radius 2 is 2.06 bits per heavy atom. The molecule has 5 heteroatoms. The lowest BCUT2D eigenvalue weighted by atomic mass is 9.94. The van der Waals surface area contributed by atoms with Crippen molar-refractivity contribution < 1.29 is 19.0 Å². The van der Waals surface area contributed by atoms with Crippen LogP contribution in [0, 0.1) is 5.82 Å². The molecule has 1 fully saturated rings. The summed E-state index contributed by atoms with van der Waals surface area (Å²) in [5.41, 5.74) is 5.96. The molecule has 1 aliphatic heterocycles. The lowest BCUT2D eigenvalue weighted by Gasteiger charge is -2.23. The first-order valence-electron chi connectivity index (χ1n) is 5.69. The van der Waals surface area contributed by atoms with E-state index in [0.717, 1.165) is 12.8 Å². The van der Waals surface area contributed by atoms with E-state index in [1.165, 1.54) is 0 Å². The fourth-order valence-corrected chi connectivity index (χ4v) is 2.27. The van der Waals surface area contributed by atoms with Crippen molar-refractivity contribution >= 4 is 0 Å². The van der Waals surface area contributed by atoms with E-state index >= 15 is 0 Å². The van der Waals surface area contributed by atoms with Crippen molar-refractivity contribution in [1.29, 1.82) is 0 Å². The van der Waals surface area contributed by atoms with Crippen molar-refractivity contribution in [1.82, 2.24) is 0 Å². The third-order valence-electron chi connectivity index (χ3n) is 3.56. The van der Waals surface area contributed by atoms with Gasteiger partial charge >= 0.3 is 0 Å². The lowest BCUT2D eigenvalue weighted by molar-refractivity contribution is 0.162. The molecule has 0 atom stereocenters. The number of rotatable bonds is 2. The Morgan fingerprint density at radius 1 is 1.35 bits per heavy atom. The maximum atomic E-state index is 13.9. The van der Waals surface area contributed by atoms with Crippen molar-refractivity contribution in [2.45, 2.75) is 18.3 Å². The molecule has 1 aromatic carbocycles. The van der Waals surface area contributed by atoms with Crippen LogP contribution in [0.1, 0.15) is 18.4 Å². The number of aromatic hydroxyl groups is 1. The highest BCUT2D eigenvalue weighted by Crippen LogP contribution is 2.54. The summed E-state index contributed by atoms with van der Waals surface area (Å²) in [5.74, 6) is -0.722. The molecule has 17 heavy (non-hydrogen) atoms. The van der Waals surface area contributed by atoms with Gasteiger partial charge in [-0.15, -0.1) is 0 Å². The van der Waals surface area contributed by atoms with E-state index in [4.69, 9.17) is 15.2 Å². The van der Waals surface area contributed by atoms with Gasteiger partial charge in [0, 0.05) is 17.5 Å². The van der Waals surface area contributed by atoms with Crippen LogP contribution in [0.2, 0.25) is 0 Å². The Kier molecular flexibility index (Phi) is 2.19. The summed E-state index contributed by atoms with van der Waals surface area (Å²) in [4.78, 5) is 0. The molecule has 0 aromatic heterocycles. The van der Waals surface area contributed by atoms with Gasteiger partial charge in [-0.05, 0) is 18.9 Å². The number of fused-ring (bicyclic) bond motifs is 1. The van der Waals surface area contributed by atoms with Gasteiger partial charge < -0.3 is 20.3 Å². The Bertz CT molecular complexity index is 471. The maximum absolute atomic E-state index is 13.9. The molecule has 3 N–H and O–H groups in total. The van der Waals surface area contributed by atoms with Gasteiger partial charge in [-0.3, -0.25) is 0 Å². The lowest BCUT2D eigenvalue weighted by Crippen LogP contribution is -2.22. The third-order valence-corrected chi connectivity index (χ3v) is 3.56. The van der Waals surface area contributed by atoms with Crippen LogP contribution < -0.4 is 15.2 Å². The molecule has 0 unspecified atom stereocenters. The molecule has 1 aromatic rings. The molecule has 0 saturated heterocycles. The van der Waals surface area contributed by atoms with Gasteiger partial charge in [0.15, 0.2) is 11.5 Å². The van der Waals surface area contributed by atoms with Gasteiger partial charge in [0.1, 0.15) is 13.2 Å². The molecule has 0 amide bonds. The van der Waals surface area contributed by atoms with E-state index in [1.807, 2.05) is 0 Å². The Morgan fingerprint density at radius 3 is 2.71 bits per heavy atom. The Balaban J connectivity index is 2.14. The predicted octanol–water partition coefficient (Wildman–Crippen LogP) is 1.29. The zero-order valence-corrected chi connectivity index (χ0v) is 9.33. The minimum Gasteiger partial charge on any atom is -0.505 e. The van der Waals surface area contributed by atoms with Crippen LogP contribution in [0.5, 0.6) is 17.2 Å². The molecule has 1 aliphatic carbocycles. The minimum absolute atomic E-state index is 0.00493. The fraction of sp³-hybridized carbons (Fsp3) is 0.500. The van der Waals surface area contributed by atoms with Crippen molar-refractivity contribution in [3.05, 3.63) is 17.4 Å². The quantitative estimate of drug-likeness (QED) is 0.816. The molecule has 0 radical (unpaired) electrons. The van der Waals surface area contributed by atoms with Gasteiger partial charge in [0.2, 0.25) is 11.6 Å². The van der Waals surface area contributed by atoms with E-state index in [0.29, 0.717) is 31.1 Å². The van der Waals surface area contributed by atoms with E-state index in [9.17, 15) is 9.50 Å². The van der Waals surface area contributed by atoms with Crippen molar-refractivity contribution in [2.75, 3.05) is 19.8 Å². The van der Waals surface area contributed by atoms with Gasteiger partial charge in [-0.25, -0.2) is 0 Å². The third kappa shape index (κ3) is 1.45. The summed E-state index contributed by atoms with van der Waals surface area (Å²) in [6, 6.07) is 1.66. The standard InChI is InChI=1S/C12H14FNO3/c13-9-10(15)7(12(6-14)1-2-12)5-8-11(9)17-4-3-16-8/h5,15H,1-4,6,14H2. The van der Waals surface area contributed by atoms with Crippen LogP contribution in [-0.4, -0.2) is 24.9 Å². The zero-order chi connectivity index (χ0) is 12.0. The summed E-state index contributed by atoms with van der Waals surface area (Å²) in [6.07, 6.45) is 1.74. The van der Waals surface area contributed by atoms with Gasteiger partial charge in [-0.1, -0.05) is 0 Å². The number of phenols is 1. The minimum atomic E-state index is -0.739. The number of hydrogen-bond donors (Lipinski definition) is 2. The van der Waals surface area contributed by atoms with Gasteiger partial charge in [0.25, 0.3) is 0 Å². The van der Waals surface area contributed by atoms with Crippen LogP contribution in [0.4, 0.5) is 4.39 Å². The maximum Gasteiger partial charge on any atom is 0.210 e. The monoisotopic (exact) mass is 239 g/mol. The van der Waals surface area contributed by atoms with Gasteiger partial charge in [0.05, 0.1) is 0 Å². The molecule has 4 nitrogen and oxygen atoms in total. The Hall–Kier alpha value is -1.49. The first-order chi connectivity index (χ1) is 8.18. The fourth-order valence-electron chi connectivity index (χ4n) is 2.27. The van der Waals surface area contributed by atoms with E-state index in [-0.39, 0.29) is 16.9 Å². The Labute approximate surface area is 98.1 Å². The SMILES string of the molecule is NCC1(c2cc3c(c(F)c2O)OCCO3)CC1. The highest BCUT2D eigenvalue weighted by Gasteiger charge is 2.46. The molecule has 1 heterocycles. The van der Waals surface area contributed by atoms with E-state index in [2.05, 4.69) is 0 Å².